The molecule has 0 spiro atoms. The van der Waals surface area contributed by atoms with Crippen molar-refractivity contribution in [2.45, 2.75) is 0 Å². The lowest BCUT2D eigenvalue weighted by atomic mass is 10.2. The third-order valence-corrected chi connectivity index (χ3v) is 5.86. The molecule has 0 saturated carbocycles. The Kier molecular flexibility index (Phi) is 11.3. The first kappa shape index (κ1) is 28.9. The number of hydrazone groups is 2. The van der Waals surface area contributed by atoms with E-state index in [9.17, 15) is 9.59 Å². The molecule has 0 aliphatic carbocycles. The molecule has 0 aliphatic heterocycles. The molecular formula is C28H20Cl4N4O2. The van der Waals surface area contributed by atoms with Crippen LogP contribution in [0.5, 0.6) is 0 Å². The minimum absolute atomic E-state index is 0.276. The van der Waals surface area contributed by atoms with Crippen LogP contribution in [0.25, 0.3) is 0 Å². The van der Waals surface area contributed by atoms with Crippen molar-refractivity contribution in [2.24, 2.45) is 10.2 Å². The number of halogens is 4. The maximum absolute atomic E-state index is 11.7. The fourth-order valence-corrected chi connectivity index (χ4v) is 3.76. The van der Waals surface area contributed by atoms with Gasteiger partial charge in [0.15, 0.2) is 0 Å². The minimum Gasteiger partial charge on any atom is -0.267 e. The second-order valence-corrected chi connectivity index (χ2v) is 9.15. The lowest BCUT2D eigenvalue weighted by Crippen LogP contribution is -2.17. The molecule has 6 nitrogen and oxygen atoms in total. The van der Waals surface area contributed by atoms with Crippen LogP contribution in [0, 0.1) is 0 Å². The molecule has 192 valence electrons. The van der Waals surface area contributed by atoms with Crippen molar-refractivity contribution in [1.29, 1.82) is 0 Å². The number of hydrogen-bond acceptors (Lipinski definition) is 4. The van der Waals surface area contributed by atoms with E-state index in [1.165, 1.54) is 12.4 Å². The molecule has 0 atom stereocenters. The van der Waals surface area contributed by atoms with Gasteiger partial charge in [-0.05, 0) is 48.5 Å². The monoisotopic (exact) mass is 584 g/mol. The van der Waals surface area contributed by atoms with Crippen LogP contribution in [-0.2, 0) is 0 Å². The van der Waals surface area contributed by atoms with Crippen LogP contribution < -0.4 is 10.9 Å². The van der Waals surface area contributed by atoms with E-state index in [0.29, 0.717) is 42.3 Å². The fraction of sp³-hybridized carbons (Fsp3) is 0. The van der Waals surface area contributed by atoms with E-state index in [0.717, 1.165) is 0 Å². The van der Waals surface area contributed by atoms with Crippen molar-refractivity contribution in [1.82, 2.24) is 10.9 Å². The summed E-state index contributed by atoms with van der Waals surface area (Å²) in [7, 11) is 0. The molecule has 10 heteroatoms. The Morgan fingerprint density at radius 1 is 0.553 bits per heavy atom. The average molecular weight is 586 g/mol. The van der Waals surface area contributed by atoms with Gasteiger partial charge >= 0.3 is 0 Å². The molecule has 38 heavy (non-hydrogen) atoms. The Morgan fingerprint density at radius 2 is 0.921 bits per heavy atom. The van der Waals surface area contributed by atoms with Crippen molar-refractivity contribution < 1.29 is 9.59 Å². The quantitative estimate of drug-likeness (QED) is 0.181. The smallest absolute Gasteiger partial charge is 0.267 e. The summed E-state index contributed by atoms with van der Waals surface area (Å²) >= 11 is 23.5. The molecule has 4 aromatic carbocycles. The lowest BCUT2D eigenvalue weighted by Gasteiger charge is -2.00. The number of nitrogens with one attached hydrogen (secondary N) is 2. The van der Waals surface area contributed by atoms with E-state index in [-0.39, 0.29) is 11.8 Å². The molecule has 4 rings (SSSR count). The topological polar surface area (TPSA) is 82.9 Å². The number of carbonyl (C=O) groups excluding carboxylic acids is 2. The van der Waals surface area contributed by atoms with Crippen molar-refractivity contribution in [3.63, 3.8) is 0 Å². The Bertz CT molecular complexity index is 1340. The summed E-state index contributed by atoms with van der Waals surface area (Å²) in [6, 6.07) is 27.7. The highest BCUT2D eigenvalue weighted by Gasteiger charge is 2.04. The first-order chi connectivity index (χ1) is 18.3. The van der Waals surface area contributed by atoms with E-state index in [1.807, 2.05) is 12.1 Å². The predicted molar refractivity (Wildman–Crippen MR) is 156 cm³/mol. The normalized spacial score (nSPS) is 10.6. The van der Waals surface area contributed by atoms with Gasteiger partial charge in [-0.1, -0.05) is 94.9 Å². The minimum atomic E-state index is -0.276. The molecular weight excluding hydrogens is 566 g/mol. The molecule has 0 bridgehead atoms. The Hall–Kier alpha value is -3.68. The Labute approximate surface area is 239 Å². The highest BCUT2D eigenvalue weighted by molar-refractivity contribution is 6.36. The van der Waals surface area contributed by atoms with Crippen molar-refractivity contribution in [2.75, 3.05) is 0 Å². The predicted octanol–water partition coefficient (Wildman–Crippen LogP) is 7.51. The Morgan fingerprint density at radius 3 is 1.26 bits per heavy atom. The first-order valence-electron chi connectivity index (χ1n) is 11.0. The fourth-order valence-electron chi connectivity index (χ4n) is 2.84. The maximum Gasteiger partial charge on any atom is 0.271 e. The third kappa shape index (κ3) is 9.32. The summed E-state index contributed by atoms with van der Waals surface area (Å²) in [5, 5.41) is 9.77. The van der Waals surface area contributed by atoms with Crippen molar-refractivity contribution >= 4 is 70.6 Å². The van der Waals surface area contributed by atoms with Crippen LogP contribution in [0.4, 0.5) is 0 Å². The van der Waals surface area contributed by atoms with E-state index < -0.39 is 0 Å². The second kappa shape index (κ2) is 14.9. The highest BCUT2D eigenvalue weighted by Crippen LogP contribution is 2.20. The van der Waals surface area contributed by atoms with Gasteiger partial charge in [0.1, 0.15) is 0 Å². The van der Waals surface area contributed by atoms with Crippen LogP contribution in [0.15, 0.2) is 107 Å². The number of amides is 2. The number of nitrogens with zero attached hydrogens (tertiary/aromatic N) is 2. The number of rotatable bonds is 6. The first-order valence-corrected chi connectivity index (χ1v) is 12.5. The van der Waals surface area contributed by atoms with Crippen LogP contribution in [0.2, 0.25) is 20.1 Å². The van der Waals surface area contributed by atoms with Gasteiger partial charge in [-0.2, -0.15) is 10.2 Å². The average Bonchev–Trinajstić information content (AvgIpc) is 2.92. The molecule has 4 aromatic rings. The second-order valence-electron chi connectivity index (χ2n) is 7.46. The van der Waals surface area contributed by atoms with Gasteiger partial charge in [0.05, 0.1) is 22.5 Å². The van der Waals surface area contributed by atoms with Crippen LogP contribution >= 0.6 is 46.4 Å². The summed E-state index contributed by atoms with van der Waals surface area (Å²) in [6.45, 7) is 0. The molecule has 2 amide bonds. The lowest BCUT2D eigenvalue weighted by molar-refractivity contribution is 0.0947. The van der Waals surface area contributed by atoms with Gasteiger partial charge in [0.25, 0.3) is 11.8 Å². The summed E-state index contributed by atoms with van der Waals surface area (Å²) < 4.78 is 0. The molecule has 0 aromatic heterocycles. The molecule has 0 heterocycles. The van der Waals surface area contributed by atoms with Crippen LogP contribution in [0.3, 0.4) is 0 Å². The zero-order chi connectivity index (χ0) is 27.3. The summed E-state index contributed by atoms with van der Waals surface area (Å²) in [5.74, 6) is -0.552. The van der Waals surface area contributed by atoms with Gasteiger partial charge in [0, 0.05) is 32.3 Å². The van der Waals surface area contributed by atoms with Crippen molar-refractivity contribution in [3.8, 4) is 0 Å². The van der Waals surface area contributed by atoms with Crippen LogP contribution in [0.1, 0.15) is 31.8 Å². The standard InChI is InChI=1S/2C14H10Cl2N2O/c2*15-12-7-6-11(13(16)8-12)9-17-18-14(19)10-4-2-1-3-5-10/h2*1-9H,(H,18,19)/b2*17-9+. The van der Waals surface area contributed by atoms with Gasteiger partial charge in [-0.3, -0.25) is 9.59 Å². The third-order valence-electron chi connectivity index (χ3n) is 4.74. The molecule has 2 N–H and O–H groups in total. The van der Waals surface area contributed by atoms with E-state index in [4.69, 9.17) is 46.4 Å². The van der Waals surface area contributed by atoms with E-state index in [2.05, 4.69) is 21.1 Å². The molecule has 0 radical (unpaired) electrons. The van der Waals surface area contributed by atoms with E-state index in [1.54, 1.807) is 84.9 Å². The van der Waals surface area contributed by atoms with E-state index >= 15 is 0 Å². The summed E-state index contributed by atoms with van der Waals surface area (Å²) in [4.78, 5) is 23.4. The molecule has 0 saturated heterocycles. The van der Waals surface area contributed by atoms with Gasteiger partial charge < -0.3 is 0 Å². The SMILES string of the molecule is O=C(N/N=C/c1ccc(Cl)cc1Cl)c1ccccc1.O=C(N/N=C/c1ccc(Cl)cc1Cl)c1ccccc1. The number of benzene rings is 4. The molecule has 0 aliphatic rings. The summed E-state index contributed by atoms with van der Waals surface area (Å²) in [6.07, 6.45) is 2.94. The molecule has 0 unspecified atom stereocenters. The van der Waals surface area contributed by atoms with Crippen molar-refractivity contribution in [3.05, 3.63) is 139 Å². The zero-order valence-corrected chi connectivity index (χ0v) is 22.6. The van der Waals surface area contributed by atoms with Gasteiger partial charge in [0.2, 0.25) is 0 Å². The summed E-state index contributed by atoms with van der Waals surface area (Å²) in [5.41, 5.74) is 7.30. The van der Waals surface area contributed by atoms with Gasteiger partial charge in [-0.15, -0.1) is 0 Å². The molecule has 0 fully saturated rings. The Balaban J connectivity index is 0.000000211. The highest BCUT2D eigenvalue weighted by atomic mass is 35.5. The number of carbonyl (C=O) groups is 2. The largest absolute Gasteiger partial charge is 0.271 e. The van der Waals surface area contributed by atoms with Crippen LogP contribution in [-0.4, -0.2) is 24.2 Å². The number of hydrogen-bond donors (Lipinski definition) is 2. The maximum atomic E-state index is 11.7. The van der Waals surface area contributed by atoms with Gasteiger partial charge in [-0.25, -0.2) is 10.9 Å². The zero-order valence-electron chi connectivity index (χ0n) is 19.6.